The molecule has 1 amide bonds. The first-order valence-electron chi connectivity index (χ1n) is 6.79. The molecule has 0 aliphatic carbocycles. The molecule has 3 N–H and O–H groups in total. The molecule has 110 valence electrons. The molecular weight excluding hydrogens is 246 g/mol. The summed E-state index contributed by atoms with van der Waals surface area (Å²) in [6, 6.07) is -0.331. The fourth-order valence-electron chi connectivity index (χ4n) is 2.16. The van der Waals surface area contributed by atoms with Crippen LogP contribution in [0.15, 0.2) is 0 Å². The van der Waals surface area contributed by atoms with E-state index in [1.807, 2.05) is 13.8 Å². The molecule has 0 aromatic carbocycles. The van der Waals surface area contributed by atoms with Gasteiger partial charge in [0.15, 0.2) is 0 Å². The third-order valence-electron chi connectivity index (χ3n) is 3.44. The SMILES string of the molecule is COC(=O)[C@@H](NC(=O)CN1CCC(N)CC1)C(C)C. The van der Waals surface area contributed by atoms with Gasteiger partial charge in [0.25, 0.3) is 0 Å². The zero-order valence-electron chi connectivity index (χ0n) is 12.0. The Bertz CT molecular complexity index is 312. The van der Waals surface area contributed by atoms with Crippen LogP contribution < -0.4 is 11.1 Å². The molecule has 0 unspecified atom stereocenters. The van der Waals surface area contributed by atoms with Gasteiger partial charge >= 0.3 is 5.97 Å². The summed E-state index contributed by atoms with van der Waals surface area (Å²) in [5.41, 5.74) is 5.82. The van der Waals surface area contributed by atoms with Crippen molar-refractivity contribution in [2.24, 2.45) is 11.7 Å². The highest BCUT2D eigenvalue weighted by molar-refractivity contribution is 5.85. The van der Waals surface area contributed by atoms with Crippen LogP contribution in [0.1, 0.15) is 26.7 Å². The first kappa shape index (κ1) is 15.9. The highest BCUT2D eigenvalue weighted by Gasteiger charge is 2.26. The van der Waals surface area contributed by atoms with E-state index in [0.717, 1.165) is 25.9 Å². The maximum atomic E-state index is 11.9. The molecule has 0 saturated carbocycles. The van der Waals surface area contributed by atoms with E-state index < -0.39 is 12.0 Å². The van der Waals surface area contributed by atoms with E-state index in [4.69, 9.17) is 10.5 Å². The van der Waals surface area contributed by atoms with Crippen molar-refractivity contribution in [1.82, 2.24) is 10.2 Å². The van der Waals surface area contributed by atoms with Crippen LogP contribution in [-0.4, -0.2) is 55.6 Å². The van der Waals surface area contributed by atoms with Gasteiger partial charge in [-0.2, -0.15) is 0 Å². The topological polar surface area (TPSA) is 84.7 Å². The van der Waals surface area contributed by atoms with E-state index in [9.17, 15) is 9.59 Å². The summed E-state index contributed by atoms with van der Waals surface area (Å²) in [4.78, 5) is 25.6. The number of hydrogen-bond acceptors (Lipinski definition) is 5. The Labute approximate surface area is 114 Å². The standard InChI is InChI=1S/C13H25N3O3/c1-9(2)12(13(18)19-3)15-11(17)8-16-6-4-10(14)5-7-16/h9-10,12H,4-8,14H2,1-3H3,(H,15,17)/t12-/m0/s1. The lowest BCUT2D eigenvalue weighted by atomic mass is 10.0. The third kappa shape index (κ3) is 5.16. The van der Waals surface area contributed by atoms with Crippen molar-refractivity contribution < 1.29 is 14.3 Å². The fourth-order valence-corrected chi connectivity index (χ4v) is 2.16. The number of piperidine rings is 1. The molecule has 1 heterocycles. The maximum Gasteiger partial charge on any atom is 0.328 e. The molecular formula is C13H25N3O3. The number of hydrogen-bond donors (Lipinski definition) is 2. The number of carbonyl (C=O) groups excluding carboxylic acids is 2. The fraction of sp³-hybridized carbons (Fsp3) is 0.846. The van der Waals surface area contributed by atoms with Crippen LogP contribution in [0, 0.1) is 5.92 Å². The lowest BCUT2D eigenvalue weighted by molar-refractivity contribution is -0.146. The molecule has 1 fully saturated rings. The first-order valence-corrected chi connectivity index (χ1v) is 6.79. The molecule has 1 aliphatic heterocycles. The van der Waals surface area contributed by atoms with Crippen LogP contribution in [0.2, 0.25) is 0 Å². The number of ether oxygens (including phenoxy) is 1. The molecule has 0 bridgehead atoms. The van der Waals surface area contributed by atoms with E-state index in [2.05, 4.69) is 10.2 Å². The summed E-state index contributed by atoms with van der Waals surface area (Å²) in [6.07, 6.45) is 1.83. The minimum absolute atomic E-state index is 0.00572. The minimum atomic E-state index is -0.579. The second-order valence-corrected chi connectivity index (χ2v) is 5.43. The highest BCUT2D eigenvalue weighted by Crippen LogP contribution is 2.08. The van der Waals surface area contributed by atoms with Gasteiger partial charge in [0.05, 0.1) is 13.7 Å². The van der Waals surface area contributed by atoms with Gasteiger partial charge in [-0.05, 0) is 18.8 Å². The van der Waals surface area contributed by atoms with Gasteiger partial charge in [-0.15, -0.1) is 0 Å². The molecule has 6 nitrogen and oxygen atoms in total. The number of esters is 1. The number of amides is 1. The van der Waals surface area contributed by atoms with Crippen molar-refractivity contribution >= 4 is 11.9 Å². The van der Waals surface area contributed by atoms with Gasteiger partial charge in [0.2, 0.25) is 5.91 Å². The molecule has 0 aromatic heterocycles. The van der Waals surface area contributed by atoms with Crippen molar-refractivity contribution in [2.75, 3.05) is 26.7 Å². The predicted octanol–water partition coefficient (Wildman–Crippen LogP) is -0.277. The molecule has 1 rings (SSSR count). The zero-order valence-corrected chi connectivity index (χ0v) is 12.0. The normalized spacial score (nSPS) is 19.2. The molecule has 0 radical (unpaired) electrons. The van der Waals surface area contributed by atoms with E-state index in [0.29, 0.717) is 6.54 Å². The number of rotatable bonds is 5. The summed E-state index contributed by atoms with van der Waals surface area (Å²) in [5.74, 6) is -0.533. The maximum absolute atomic E-state index is 11.9. The lowest BCUT2D eigenvalue weighted by Crippen LogP contribution is -2.50. The molecule has 0 spiro atoms. The van der Waals surface area contributed by atoms with Crippen LogP contribution in [0.5, 0.6) is 0 Å². The van der Waals surface area contributed by atoms with Crippen molar-refractivity contribution in [3.8, 4) is 0 Å². The van der Waals surface area contributed by atoms with Crippen molar-refractivity contribution in [1.29, 1.82) is 0 Å². The largest absolute Gasteiger partial charge is 0.467 e. The quantitative estimate of drug-likeness (QED) is 0.672. The number of likely N-dealkylation sites (tertiary alicyclic amines) is 1. The van der Waals surface area contributed by atoms with E-state index in [-0.39, 0.29) is 17.9 Å². The van der Waals surface area contributed by atoms with Gasteiger partial charge in [-0.25, -0.2) is 4.79 Å². The van der Waals surface area contributed by atoms with Crippen LogP contribution in [0.4, 0.5) is 0 Å². The Morgan fingerprint density at radius 2 is 1.95 bits per heavy atom. The summed E-state index contributed by atoms with van der Waals surface area (Å²) in [5, 5.41) is 2.74. The van der Waals surface area contributed by atoms with E-state index in [1.54, 1.807) is 0 Å². The predicted molar refractivity (Wildman–Crippen MR) is 72.4 cm³/mol. The second kappa shape index (κ2) is 7.45. The van der Waals surface area contributed by atoms with Gasteiger partial charge in [0, 0.05) is 19.1 Å². The van der Waals surface area contributed by atoms with Crippen LogP contribution in [0.3, 0.4) is 0 Å². The summed E-state index contributed by atoms with van der Waals surface area (Å²) in [7, 11) is 1.33. The first-order chi connectivity index (χ1) is 8.93. The van der Waals surface area contributed by atoms with E-state index >= 15 is 0 Å². The van der Waals surface area contributed by atoms with Gasteiger partial charge < -0.3 is 15.8 Å². The molecule has 6 heteroatoms. The summed E-state index contributed by atoms with van der Waals surface area (Å²) >= 11 is 0. The number of methoxy groups -OCH3 is 1. The number of nitrogens with one attached hydrogen (secondary N) is 1. The van der Waals surface area contributed by atoms with Crippen molar-refractivity contribution in [2.45, 2.75) is 38.8 Å². The Morgan fingerprint density at radius 3 is 2.42 bits per heavy atom. The van der Waals surface area contributed by atoms with Crippen molar-refractivity contribution in [3.05, 3.63) is 0 Å². The van der Waals surface area contributed by atoms with Gasteiger partial charge in [0.1, 0.15) is 6.04 Å². The smallest absolute Gasteiger partial charge is 0.328 e. The highest BCUT2D eigenvalue weighted by atomic mass is 16.5. The molecule has 1 aliphatic rings. The number of nitrogens with two attached hydrogens (primary N) is 1. The number of carbonyl (C=O) groups is 2. The summed E-state index contributed by atoms with van der Waals surface area (Å²) < 4.78 is 4.69. The Balaban J connectivity index is 2.42. The average molecular weight is 271 g/mol. The lowest BCUT2D eigenvalue weighted by Gasteiger charge is -2.30. The second-order valence-electron chi connectivity index (χ2n) is 5.43. The zero-order chi connectivity index (χ0) is 14.4. The average Bonchev–Trinajstić information content (AvgIpc) is 2.37. The molecule has 1 saturated heterocycles. The third-order valence-corrected chi connectivity index (χ3v) is 3.44. The van der Waals surface area contributed by atoms with Gasteiger partial charge in [-0.1, -0.05) is 13.8 Å². The Morgan fingerprint density at radius 1 is 1.37 bits per heavy atom. The van der Waals surface area contributed by atoms with Crippen LogP contribution >= 0.6 is 0 Å². The Hall–Kier alpha value is -1.14. The minimum Gasteiger partial charge on any atom is -0.467 e. The van der Waals surface area contributed by atoms with Crippen molar-refractivity contribution in [3.63, 3.8) is 0 Å². The molecule has 19 heavy (non-hydrogen) atoms. The Kier molecular flexibility index (Phi) is 6.24. The molecule has 1 atom stereocenters. The van der Waals surface area contributed by atoms with Crippen LogP contribution in [0.25, 0.3) is 0 Å². The summed E-state index contributed by atoms with van der Waals surface area (Å²) in [6.45, 7) is 5.73. The number of nitrogens with zero attached hydrogens (tertiary/aromatic N) is 1. The van der Waals surface area contributed by atoms with E-state index in [1.165, 1.54) is 7.11 Å². The van der Waals surface area contributed by atoms with Gasteiger partial charge in [-0.3, -0.25) is 9.69 Å². The van der Waals surface area contributed by atoms with Crippen LogP contribution in [-0.2, 0) is 14.3 Å². The monoisotopic (exact) mass is 271 g/mol. The molecule has 0 aromatic rings.